The second-order valence-electron chi connectivity index (χ2n) is 3.39. The quantitative estimate of drug-likeness (QED) is 0.631. The van der Waals surface area contributed by atoms with Gasteiger partial charge in [0.15, 0.2) is 0 Å². The summed E-state index contributed by atoms with van der Waals surface area (Å²) in [6.45, 7) is 4.27. The summed E-state index contributed by atoms with van der Waals surface area (Å²) in [4.78, 5) is 3.59. The lowest BCUT2D eigenvalue weighted by atomic mass is 10.0. The lowest BCUT2D eigenvalue weighted by molar-refractivity contribution is 0.537. The maximum Gasteiger partial charge on any atom is 0.216 e. The van der Waals surface area contributed by atoms with E-state index in [0.29, 0.717) is 5.92 Å². The van der Waals surface area contributed by atoms with E-state index in [1.807, 2.05) is 0 Å². The third-order valence-corrected chi connectivity index (χ3v) is 1.83. The average Bonchev–Trinajstić information content (AvgIpc) is 2.03. The molecule has 1 heterocycles. The van der Waals surface area contributed by atoms with Gasteiger partial charge in [0.1, 0.15) is 0 Å². The van der Waals surface area contributed by atoms with Crippen molar-refractivity contribution in [3.8, 4) is 0 Å². The van der Waals surface area contributed by atoms with E-state index in [9.17, 15) is 4.39 Å². The van der Waals surface area contributed by atoms with Crippen LogP contribution in [0.15, 0.2) is 18.3 Å². The van der Waals surface area contributed by atoms with Crippen LogP contribution in [0.2, 0.25) is 0 Å². The van der Waals surface area contributed by atoms with E-state index in [-0.39, 0.29) is 5.95 Å². The van der Waals surface area contributed by atoms with Crippen molar-refractivity contribution < 1.29 is 4.39 Å². The van der Waals surface area contributed by atoms with Crippen molar-refractivity contribution in [1.29, 1.82) is 0 Å². The summed E-state index contributed by atoms with van der Waals surface area (Å²) in [6.07, 6.45) is 3.29. The number of aromatic nitrogens is 1. The smallest absolute Gasteiger partial charge is 0.216 e. The van der Waals surface area contributed by atoms with Gasteiger partial charge in [-0.25, -0.2) is 4.98 Å². The minimum atomic E-state index is -0.321. The maximum atomic E-state index is 12.9. The number of hydrogen-bond acceptors (Lipinski definition) is 1. The molecule has 1 aromatic rings. The predicted molar refractivity (Wildman–Crippen MR) is 47.4 cm³/mol. The van der Waals surface area contributed by atoms with Gasteiger partial charge in [0, 0.05) is 11.8 Å². The van der Waals surface area contributed by atoms with Crippen LogP contribution in [0.3, 0.4) is 0 Å². The molecular weight excluding hydrogens is 153 g/mol. The SMILES string of the molecule is CC(C)CCc1cccnc1F. The van der Waals surface area contributed by atoms with Crippen LogP contribution < -0.4 is 0 Å². The van der Waals surface area contributed by atoms with Gasteiger partial charge in [-0.05, 0) is 24.8 Å². The summed E-state index contributed by atoms with van der Waals surface area (Å²) < 4.78 is 12.9. The van der Waals surface area contributed by atoms with Gasteiger partial charge in [-0.1, -0.05) is 19.9 Å². The zero-order valence-electron chi connectivity index (χ0n) is 7.55. The van der Waals surface area contributed by atoms with Gasteiger partial charge in [-0.2, -0.15) is 4.39 Å². The average molecular weight is 167 g/mol. The summed E-state index contributed by atoms with van der Waals surface area (Å²) in [5.41, 5.74) is 0.728. The van der Waals surface area contributed by atoms with Gasteiger partial charge in [0.2, 0.25) is 5.95 Å². The van der Waals surface area contributed by atoms with Gasteiger partial charge in [0.05, 0.1) is 0 Å². The number of pyridine rings is 1. The van der Waals surface area contributed by atoms with Crippen molar-refractivity contribution in [2.75, 3.05) is 0 Å². The highest BCUT2D eigenvalue weighted by molar-refractivity contribution is 5.10. The third kappa shape index (κ3) is 2.61. The minimum Gasteiger partial charge on any atom is -0.228 e. The van der Waals surface area contributed by atoms with Crippen molar-refractivity contribution in [2.24, 2.45) is 5.92 Å². The number of rotatable bonds is 3. The topological polar surface area (TPSA) is 12.9 Å². The highest BCUT2D eigenvalue weighted by Gasteiger charge is 2.02. The standard InChI is InChI=1S/C10H14FN/c1-8(2)5-6-9-4-3-7-12-10(9)11/h3-4,7-8H,5-6H2,1-2H3. The van der Waals surface area contributed by atoms with Crippen LogP contribution in [0, 0.1) is 11.9 Å². The fraction of sp³-hybridized carbons (Fsp3) is 0.500. The van der Waals surface area contributed by atoms with Gasteiger partial charge in [-0.15, -0.1) is 0 Å². The predicted octanol–water partition coefficient (Wildman–Crippen LogP) is 2.81. The molecule has 0 amide bonds. The van der Waals surface area contributed by atoms with Crippen molar-refractivity contribution >= 4 is 0 Å². The minimum absolute atomic E-state index is 0.321. The first-order valence-corrected chi connectivity index (χ1v) is 4.29. The molecule has 0 saturated carbocycles. The van der Waals surface area contributed by atoms with E-state index in [0.717, 1.165) is 18.4 Å². The van der Waals surface area contributed by atoms with E-state index in [4.69, 9.17) is 0 Å². The lowest BCUT2D eigenvalue weighted by Gasteiger charge is -2.04. The lowest BCUT2D eigenvalue weighted by Crippen LogP contribution is -1.96. The van der Waals surface area contributed by atoms with E-state index >= 15 is 0 Å². The van der Waals surface area contributed by atoms with E-state index < -0.39 is 0 Å². The van der Waals surface area contributed by atoms with E-state index in [1.54, 1.807) is 12.1 Å². The first-order chi connectivity index (χ1) is 5.70. The van der Waals surface area contributed by atoms with Crippen molar-refractivity contribution in [3.63, 3.8) is 0 Å². The van der Waals surface area contributed by atoms with E-state index in [1.165, 1.54) is 6.20 Å². The van der Waals surface area contributed by atoms with E-state index in [2.05, 4.69) is 18.8 Å². The molecule has 0 aliphatic rings. The monoisotopic (exact) mass is 167 g/mol. The molecule has 0 aliphatic heterocycles. The Hall–Kier alpha value is -0.920. The number of nitrogens with zero attached hydrogens (tertiary/aromatic N) is 1. The molecule has 0 saturated heterocycles. The van der Waals surface area contributed by atoms with Crippen LogP contribution in [0.25, 0.3) is 0 Å². The third-order valence-electron chi connectivity index (χ3n) is 1.83. The van der Waals surface area contributed by atoms with Gasteiger partial charge < -0.3 is 0 Å². The molecule has 0 aromatic carbocycles. The Morgan fingerprint density at radius 3 is 2.83 bits per heavy atom. The zero-order valence-corrected chi connectivity index (χ0v) is 7.55. The largest absolute Gasteiger partial charge is 0.228 e. The molecule has 0 atom stereocenters. The molecule has 12 heavy (non-hydrogen) atoms. The number of aryl methyl sites for hydroxylation is 1. The Morgan fingerprint density at radius 2 is 2.25 bits per heavy atom. The van der Waals surface area contributed by atoms with Crippen molar-refractivity contribution in [1.82, 2.24) is 4.98 Å². The molecule has 0 spiro atoms. The highest BCUT2D eigenvalue weighted by atomic mass is 19.1. The molecule has 66 valence electrons. The van der Waals surface area contributed by atoms with Crippen LogP contribution in [-0.4, -0.2) is 4.98 Å². The maximum absolute atomic E-state index is 12.9. The number of hydrogen-bond donors (Lipinski definition) is 0. The summed E-state index contributed by atoms with van der Waals surface area (Å²) in [7, 11) is 0. The van der Waals surface area contributed by atoms with Crippen molar-refractivity contribution in [3.05, 3.63) is 29.8 Å². The van der Waals surface area contributed by atoms with Crippen LogP contribution in [0.1, 0.15) is 25.8 Å². The summed E-state index contributed by atoms with van der Waals surface area (Å²) in [5, 5.41) is 0. The summed E-state index contributed by atoms with van der Waals surface area (Å²) in [5.74, 6) is 0.294. The Bertz CT molecular complexity index is 245. The molecule has 1 aromatic heterocycles. The molecule has 0 unspecified atom stereocenters. The second-order valence-corrected chi connectivity index (χ2v) is 3.39. The molecule has 0 radical (unpaired) electrons. The van der Waals surface area contributed by atoms with Gasteiger partial charge in [-0.3, -0.25) is 0 Å². The van der Waals surface area contributed by atoms with Crippen LogP contribution in [0.5, 0.6) is 0 Å². The summed E-state index contributed by atoms with van der Waals surface area (Å²) in [6, 6.07) is 3.57. The van der Waals surface area contributed by atoms with Gasteiger partial charge >= 0.3 is 0 Å². The molecule has 0 bridgehead atoms. The van der Waals surface area contributed by atoms with Gasteiger partial charge in [0.25, 0.3) is 0 Å². The molecule has 2 heteroatoms. The molecule has 1 rings (SSSR count). The molecular formula is C10H14FN. The zero-order chi connectivity index (χ0) is 8.97. The molecule has 0 N–H and O–H groups in total. The van der Waals surface area contributed by atoms with Crippen molar-refractivity contribution in [2.45, 2.75) is 26.7 Å². The Balaban J connectivity index is 2.57. The molecule has 0 fully saturated rings. The Labute approximate surface area is 72.6 Å². The number of halogens is 1. The molecule has 1 nitrogen and oxygen atoms in total. The fourth-order valence-corrected chi connectivity index (χ4v) is 1.05. The van der Waals surface area contributed by atoms with Crippen LogP contribution in [0.4, 0.5) is 4.39 Å². The Kier molecular flexibility index (Phi) is 3.20. The van der Waals surface area contributed by atoms with Crippen LogP contribution in [-0.2, 0) is 6.42 Å². The first kappa shape index (κ1) is 9.17. The first-order valence-electron chi connectivity index (χ1n) is 4.29. The normalized spacial score (nSPS) is 10.7. The second kappa shape index (κ2) is 4.19. The molecule has 0 aliphatic carbocycles. The van der Waals surface area contributed by atoms with Crippen LogP contribution >= 0.6 is 0 Å². The highest BCUT2D eigenvalue weighted by Crippen LogP contribution is 2.10. The summed E-state index contributed by atoms with van der Waals surface area (Å²) >= 11 is 0. The fourth-order valence-electron chi connectivity index (χ4n) is 1.05. The Morgan fingerprint density at radius 1 is 1.50 bits per heavy atom.